The number of hydrogen-bond donors (Lipinski definition) is 1. The Kier molecular flexibility index (Phi) is 8.05. The molecule has 2 aromatic carbocycles. The largest absolute Gasteiger partial charge is 0.353 e. The molecule has 0 saturated carbocycles. The molecule has 1 heterocycles. The number of nitrogens with zero attached hydrogens (tertiary/aromatic N) is 1. The van der Waals surface area contributed by atoms with E-state index in [-0.39, 0.29) is 11.8 Å². The molecule has 0 aliphatic carbocycles. The highest BCUT2D eigenvalue weighted by molar-refractivity contribution is 5.94. The van der Waals surface area contributed by atoms with Crippen molar-refractivity contribution >= 4 is 17.9 Å². The van der Waals surface area contributed by atoms with E-state index in [9.17, 15) is 9.59 Å². The van der Waals surface area contributed by atoms with Gasteiger partial charge in [-0.25, -0.2) is 0 Å². The van der Waals surface area contributed by atoms with E-state index in [0.717, 1.165) is 49.9 Å². The predicted octanol–water partition coefficient (Wildman–Crippen LogP) is 4.54. The number of carbonyl (C=O) groups is 2. The molecule has 0 unspecified atom stereocenters. The van der Waals surface area contributed by atoms with E-state index >= 15 is 0 Å². The number of likely N-dealkylation sites (tertiary alicyclic amines) is 1. The van der Waals surface area contributed by atoms with Gasteiger partial charge < -0.3 is 10.2 Å². The molecule has 152 valence electrons. The first-order chi connectivity index (χ1) is 14.2. The summed E-state index contributed by atoms with van der Waals surface area (Å²) in [5, 5.41) is 2.95. The molecular formula is C25H30N2O2. The third kappa shape index (κ3) is 6.90. The summed E-state index contributed by atoms with van der Waals surface area (Å²) in [6, 6.07) is 19.4. The van der Waals surface area contributed by atoms with Crippen LogP contribution in [0, 0.1) is 5.92 Å². The smallest absolute Gasteiger partial charge is 0.253 e. The molecule has 0 bridgehead atoms. The van der Waals surface area contributed by atoms with E-state index in [1.165, 1.54) is 6.42 Å². The highest BCUT2D eigenvalue weighted by Gasteiger charge is 2.23. The van der Waals surface area contributed by atoms with Crippen LogP contribution < -0.4 is 5.32 Å². The monoisotopic (exact) mass is 390 g/mol. The number of rotatable bonds is 8. The van der Waals surface area contributed by atoms with Crippen molar-refractivity contribution in [2.75, 3.05) is 19.6 Å². The molecule has 0 spiro atoms. The van der Waals surface area contributed by atoms with Gasteiger partial charge in [0, 0.05) is 31.3 Å². The number of amides is 2. The zero-order valence-corrected chi connectivity index (χ0v) is 16.9. The van der Waals surface area contributed by atoms with Gasteiger partial charge in [-0.15, -0.1) is 0 Å². The lowest BCUT2D eigenvalue weighted by molar-refractivity contribution is -0.116. The molecule has 4 nitrogen and oxygen atoms in total. The van der Waals surface area contributed by atoms with Gasteiger partial charge in [-0.05, 0) is 49.0 Å². The average Bonchev–Trinajstić information content (AvgIpc) is 2.79. The molecule has 1 saturated heterocycles. The van der Waals surface area contributed by atoms with Crippen LogP contribution in [0.3, 0.4) is 0 Å². The molecule has 0 aromatic heterocycles. The van der Waals surface area contributed by atoms with E-state index < -0.39 is 0 Å². The van der Waals surface area contributed by atoms with E-state index in [1.54, 1.807) is 6.08 Å². The van der Waals surface area contributed by atoms with Crippen LogP contribution in [0.1, 0.15) is 48.0 Å². The van der Waals surface area contributed by atoms with Gasteiger partial charge in [-0.3, -0.25) is 9.59 Å². The zero-order chi connectivity index (χ0) is 20.3. The highest BCUT2D eigenvalue weighted by atomic mass is 16.2. The minimum Gasteiger partial charge on any atom is -0.353 e. The van der Waals surface area contributed by atoms with Crippen molar-refractivity contribution in [2.45, 2.75) is 32.1 Å². The second kappa shape index (κ2) is 11.2. The van der Waals surface area contributed by atoms with Crippen molar-refractivity contribution in [2.24, 2.45) is 5.92 Å². The Labute approximate surface area is 173 Å². The summed E-state index contributed by atoms with van der Waals surface area (Å²) >= 11 is 0. The highest BCUT2D eigenvalue weighted by Crippen LogP contribution is 2.23. The molecular weight excluding hydrogens is 360 g/mol. The summed E-state index contributed by atoms with van der Waals surface area (Å²) in [6.07, 6.45) is 8.85. The SMILES string of the molecule is O=C(/C=C/c1ccccc1)NCCCCC1CCN(C(=O)c2ccccc2)CC1. The summed E-state index contributed by atoms with van der Waals surface area (Å²) in [5.74, 6) is 0.792. The second-order valence-electron chi connectivity index (χ2n) is 7.63. The summed E-state index contributed by atoms with van der Waals surface area (Å²) < 4.78 is 0. The van der Waals surface area contributed by atoms with Crippen LogP contribution in [0.25, 0.3) is 6.08 Å². The number of benzene rings is 2. The van der Waals surface area contributed by atoms with Crippen LogP contribution >= 0.6 is 0 Å². The third-order valence-electron chi connectivity index (χ3n) is 5.49. The summed E-state index contributed by atoms with van der Waals surface area (Å²) in [6.45, 7) is 2.40. The lowest BCUT2D eigenvalue weighted by Crippen LogP contribution is -2.38. The van der Waals surface area contributed by atoms with Gasteiger partial charge >= 0.3 is 0 Å². The Morgan fingerprint density at radius 1 is 0.931 bits per heavy atom. The van der Waals surface area contributed by atoms with Crippen LogP contribution in [0.4, 0.5) is 0 Å². The lowest BCUT2D eigenvalue weighted by Gasteiger charge is -2.32. The molecule has 0 radical (unpaired) electrons. The van der Waals surface area contributed by atoms with Crippen LogP contribution in [-0.4, -0.2) is 36.3 Å². The van der Waals surface area contributed by atoms with E-state index in [4.69, 9.17) is 0 Å². The van der Waals surface area contributed by atoms with Crippen molar-refractivity contribution in [3.8, 4) is 0 Å². The first-order valence-electron chi connectivity index (χ1n) is 10.6. The van der Waals surface area contributed by atoms with Gasteiger partial charge in [0.05, 0.1) is 0 Å². The molecule has 3 rings (SSSR count). The maximum Gasteiger partial charge on any atom is 0.253 e. The molecule has 29 heavy (non-hydrogen) atoms. The zero-order valence-electron chi connectivity index (χ0n) is 16.9. The molecule has 1 N–H and O–H groups in total. The van der Waals surface area contributed by atoms with Gasteiger partial charge in [-0.1, -0.05) is 61.4 Å². The first kappa shape index (κ1) is 20.8. The number of unbranched alkanes of at least 4 members (excludes halogenated alkanes) is 1. The van der Waals surface area contributed by atoms with Gasteiger partial charge in [-0.2, -0.15) is 0 Å². The fourth-order valence-corrected chi connectivity index (χ4v) is 3.75. The quantitative estimate of drug-likeness (QED) is 0.531. The molecule has 4 heteroatoms. The molecule has 2 aromatic rings. The van der Waals surface area contributed by atoms with Gasteiger partial charge in [0.1, 0.15) is 0 Å². The van der Waals surface area contributed by atoms with E-state index in [0.29, 0.717) is 12.5 Å². The third-order valence-corrected chi connectivity index (χ3v) is 5.49. The predicted molar refractivity (Wildman–Crippen MR) is 117 cm³/mol. The molecule has 2 amide bonds. The van der Waals surface area contributed by atoms with E-state index in [1.807, 2.05) is 71.6 Å². The Balaban J connectivity index is 1.27. The molecule has 1 aliphatic rings. The number of carbonyl (C=O) groups excluding carboxylic acids is 2. The van der Waals surface area contributed by atoms with Gasteiger partial charge in [0.2, 0.25) is 5.91 Å². The maximum atomic E-state index is 12.5. The second-order valence-corrected chi connectivity index (χ2v) is 7.63. The van der Waals surface area contributed by atoms with Gasteiger partial charge in [0.25, 0.3) is 5.91 Å². The Bertz CT molecular complexity index is 794. The fourth-order valence-electron chi connectivity index (χ4n) is 3.75. The Hall–Kier alpha value is -2.88. The lowest BCUT2D eigenvalue weighted by atomic mass is 9.91. The van der Waals surface area contributed by atoms with Crippen LogP contribution in [-0.2, 0) is 4.79 Å². The van der Waals surface area contributed by atoms with Crippen molar-refractivity contribution in [1.82, 2.24) is 10.2 Å². The normalized spacial score (nSPS) is 14.8. The molecule has 0 atom stereocenters. The van der Waals surface area contributed by atoms with Crippen LogP contribution in [0.15, 0.2) is 66.7 Å². The Morgan fingerprint density at radius 2 is 1.59 bits per heavy atom. The van der Waals surface area contributed by atoms with Crippen molar-refractivity contribution < 1.29 is 9.59 Å². The minimum absolute atomic E-state index is 0.0402. The van der Waals surface area contributed by atoms with Crippen molar-refractivity contribution in [3.05, 3.63) is 77.9 Å². The molecule has 1 aliphatic heterocycles. The summed E-state index contributed by atoms with van der Waals surface area (Å²) in [7, 11) is 0. The van der Waals surface area contributed by atoms with Crippen molar-refractivity contribution in [3.63, 3.8) is 0 Å². The molecule has 1 fully saturated rings. The van der Waals surface area contributed by atoms with E-state index in [2.05, 4.69) is 5.32 Å². The minimum atomic E-state index is -0.0402. The maximum absolute atomic E-state index is 12.5. The van der Waals surface area contributed by atoms with Crippen LogP contribution in [0.5, 0.6) is 0 Å². The topological polar surface area (TPSA) is 49.4 Å². The van der Waals surface area contributed by atoms with Gasteiger partial charge in [0.15, 0.2) is 0 Å². The number of hydrogen-bond acceptors (Lipinski definition) is 2. The Morgan fingerprint density at radius 3 is 2.28 bits per heavy atom. The summed E-state index contributed by atoms with van der Waals surface area (Å²) in [4.78, 5) is 26.3. The average molecular weight is 391 g/mol. The summed E-state index contributed by atoms with van der Waals surface area (Å²) in [5.41, 5.74) is 1.81. The first-order valence-corrected chi connectivity index (χ1v) is 10.6. The number of nitrogens with one attached hydrogen (secondary N) is 1. The van der Waals surface area contributed by atoms with Crippen LogP contribution in [0.2, 0.25) is 0 Å². The number of piperidine rings is 1. The van der Waals surface area contributed by atoms with Crippen molar-refractivity contribution in [1.29, 1.82) is 0 Å². The standard InChI is InChI=1S/C25H30N2O2/c28-24(15-14-21-9-3-1-4-10-21)26-18-8-7-11-22-16-19-27(20-17-22)25(29)23-12-5-2-6-13-23/h1-6,9-10,12-15,22H,7-8,11,16-20H2,(H,26,28)/b15-14+. The fraction of sp³-hybridized carbons (Fsp3) is 0.360.